The quantitative estimate of drug-likeness (QED) is 0.548. The fourth-order valence-corrected chi connectivity index (χ4v) is 4.82. The van der Waals surface area contributed by atoms with Gasteiger partial charge in [0.25, 0.3) is 5.91 Å². The Morgan fingerprint density at radius 2 is 1.87 bits per heavy atom. The van der Waals surface area contributed by atoms with Gasteiger partial charge in [-0.2, -0.15) is 10.2 Å². The summed E-state index contributed by atoms with van der Waals surface area (Å²) in [6.07, 6.45) is 5.85. The molecule has 1 saturated carbocycles. The highest BCUT2D eigenvalue weighted by Gasteiger charge is 2.33. The lowest BCUT2D eigenvalue weighted by atomic mass is 9.95. The average molecular weight is 487 g/mol. The molecule has 1 amide bonds. The number of halogens is 1. The highest BCUT2D eigenvalue weighted by molar-refractivity contribution is 9.10. The lowest BCUT2D eigenvalue weighted by Crippen LogP contribution is -2.38. The number of hydrogen-bond donors (Lipinski definition) is 1. The van der Waals surface area contributed by atoms with Gasteiger partial charge in [-0.15, -0.1) is 0 Å². The first kappa shape index (κ1) is 19.7. The van der Waals surface area contributed by atoms with Crippen molar-refractivity contribution in [3.63, 3.8) is 0 Å². The van der Waals surface area contributed by atoms with Crippen LogP contribution in [0.3, 0.4) is 0 Å². The second kappa shape index (κ2) is 7.77. The van der Waals surface area contributed by atoms with Gasteiger partial charge in [-0.25, -0.2) is 4.68 Å². The van der Waals surface area contributed by atoms with Crippen molar-refractivity contribution in [3.8, 4) is 5.69 Å². The zero-order valence-electron chi connectivity index (χ0n) is 16.7. The van der Waals surface area contributed by atoms with Gasteiger partial charge in [0.2, 0.25) is 0 Å². The van der Waals surface area contributed by atoms with Crippen LogP contribution >= 0.6 is 28.1 Å². The van der Waals surface area contributed by atoms with E-state index in [0.29, 0.717) is 17.5 Å². The van der Waals surface area contributed by atoms with Gasteiger partial charge in [-0.05, 0) is 69.1 Å². The smallest absolute Gasteiger partial charge is 0.257 e. The van der Waals surface area contributed by atoms with Crippen molar-refractivity contribution in [2.24, 2.45) is 0 Å². The van der Waals surface area contributed by atoms with Crippen molar-refractivity contribution in [2.45, 2.75) is 44.6 Å². The lowest BCUT2D eigenvalue weighted by Gasteiger charge is -2.31. The third-order valence-electron chi connectivity index (χ3n) is 6.10. The Balaban J connectivity index is 1.30. The first-order valence-electron chi connectivity index (χ1n) is 10.3. The summed E-state index contributed by atoms with van der Waals surface area (Å²) < 4.78 is 5.75. The summed E-state index contributed by atoms with van der Waals surface area (Å²) in [5.74, 6) is 1.46. The molecule has 0 bridgehead atoms. The van der Waals surface area contributed by atoms with Crippen molar-refractivity contribution >= 4 is 34.1 Å². The maximum absolute atomic E-state index is 13.2. The molecule has 30 heavy (non-hydrogen) atoms. The molecule has 156 valence electrons. The Morgan fingerprint density at radius 3 is 2.53 bits per heavy atom. The number of hydrogen-bond acceptors (Lipinski definition) is 4. The second-order valence-corrected chi connectivity index (χ2v) is 9.39. The Morgan fingerprint density at radius 1 is 1.17 bits per heavy atom. The molecule has 1 aliphatic heterocycles. The Hall–Kier alpha value is -2.26. The summed E-state index contributed by atoms with van der Waals surface area (Å²) in [4.78, 5) is 15.1. The first-order valence-corrected chi connectivity index (χ1v) is 11.5. The number of benzene rings is 1. The van der Waals surface area contributed by atoms with E-state index < -0.39 is 0 Å². The van der Waals surface area contributed by atoms with Crippen LogP contribution in [0.2, 0.25) is 0 Å². The Labute approximate surface area is 188 Å². The normalized spacial score (nSPS) is 17.5. The number of aromatic amines is 1. The molecule has 0 radical (unpaired) electrons. The molecule has 9 heteroatoms. The van der Waals surface area contributed by atoms with E-state index in [-0.39, 0.29) is 5.91 Å². The molecule has 0 atom stereocenters. The maximum Gasteiger partial charge on any atom is 0.257 e. The molecule has 2 fully saturated rings. The fraction of sp³-hybridized carbons (Fsp3) is 0.429. The molecule has 1 N–H and O–H groups in total. The molecule has 1 aromatic carbocycles. The van der Waals surface area contributed by atoms with E-state index in [1.165, 1.54) is 12.8 Å². The van der Waals surface area contributed by atoms with E-state index in [2.05, 4.69) is 35.8 Å². The zero-order chi connectivity index (χ0) is 20.8. The minimum atomic E-state index is 0.0513. The molecule has 3 heterocycles. The number of nitrogens with zero attached hydrogens (tertiary/aromatic N) is 5. The predicted octanol–water partition coefficient (Wildman–Crippen LogP) is 4.55. The number of carbonyl (C=O) groups excluding carboxylic acids is 1. The van der Waals surface area contributed by atoms with Crippen molar-refractivity contribution in [2.75, 3.05) is 13.1 Å². The SMILES string of the molecule is Cc1c(C(=O)N2CCC(c3n[nH]c(=S)n3C3CC3)CC2)cnn1-c1ccc(Br)cc1. The molecule has 0 spiro atoms. The minimum absolute atomic E-state index is 0.0513. The summed E-state index contributed by atoms with van der Waals surface area (Å²) in [7, 11) is 0. The Kier molecular flexibility index (Phi) is 5.10. The van der Waals surface area contributed by atoms with Gasteiger partial charge >= 0.3 is 0 Å². The molecule has 7 nitrogen and oxygen atoms in total. The molecule has 1 aliphatic carbocycles. The molecule has 0 unspecified atom stereocenters. The third kappa shape index (κ3) is 3.54. The van der Waals surface area contributed by atoms with E-state index in [1.807, 2.05) is 40.8 Å². The van der Waals surface area contributed by atoms with Crippen LogP contribution in [-0.4, -0.2) is 48.4 Å². The van der Waals surface area contributed by atoms with E-state index in [0.717, 1.165) is 52.4 Å². The molecule has 2 aliphatic rings. The van der Waals surface area contributed by atoms with Gasteiger partial charge in [-0.1, -0.05) is 15.9 Å². The number of aromatic nitrogens is 5. The van der Waals surface area contributed by atoms with E-state index in [4.69, 9.17) is 12.2 Å². The first-order chi connectivity index (χ1) is 14.5. The molecule has 5 rings (SSSR count). The van der Waals surface area contributed by atoms with Gasteiger partial charge < -0.3 is 9.47 Å². The van der Waals surface area contributed by atoms with Crippen LogP contribution in [0.25, 0.3) is 5.69 Å². The summed E-state index contributed by atoms with van der Waals surface area (Å²) in [6, 6.07) is 8.42. The predicted molar refractivity (Wildman–Crippen MR) is 120 cm³/mol. The van der Waals surface area contributed by atoms with Crippen LogP contribution < -0.4 is 0 Å². The molecule has 3 aromatic rings. The van der Waals surface area contributed by atoms with E-state index >= 15 is 0 Å². The number of nitrogens with one attached hydrogen (secondary N) is 1. The monoisotopic (exact) mass is 486 g/mol. The second-order valence-electron chi connectivity index (χ2n) is 8.09. The number of H-pyrrole nitrogens is 1. The number of carbonyl (C=O) groups is 1. The van der Waals surface area contributed by atoms with Crippen molar-refractivity contribution in [1.29, 1.82) is 0 Å². The topological polar surface area (TPSA) is 71.7 Å². The van der Waals surface area contributed by atoms with Crippen LogP contribution in [0, 0.1) is 11.7 Å². The average Bonchev–Trinajstić information content (AvgIpc) is 3.42. The lowest BCUT2D eigenvalue weighted by molar-refractivity contribution is 0.0709. The number of piperidine rings is 1. The number of amides is 1. The van der Waals surface area contributed by atoms with Gasteiger partial charge in [0.1, 0.15) is 5.82 Å². The standard InChI is InChI=1S/C21H23BrN6OS/c1-13-18(12-23-28(13)17-4-2-15(22)3-5-17)20(29)26-10-8-14(9-11-26)19-24-25-21(30)27(19)16-6-7-16/h2-5,12,14,16H,6-11H2,1H3,(H,25,30). The minimum Gasteiger partial charge on any atom is -0.338 e. The van der Waals surface area contributed by atoms with E-state index in [9.17, 15) is 4.79 Å². The molecule has 1 saturated heterocycles. The van der Waals surface area contributed by atoms with Gasteiger partial charge in [-0.3, -0.25) is 9.89 Å². The summed E-state index contributed by atoms with van der Waals surface area (Å²) in [5.41, 5.74) is 2.47. The summed E-state index contributed by atoms with van der Waals surface area (Å²) in [5, 5.41) is 11.9. The van der Waals surface area contributed by atoms with Gasteiger partial charge in [0.15, 0.2) is 4.77 Å². The number of likely N-dealkylation sites (tertiary alicyclic amines) is 1. The summed E-state index contributed by atoms with van der Waals surface area (Å²) in [6.45, 7) is 3.38. The summed E-state index contributed by atoms with van der Waals surface area (Å²) >= 11 is 8.87. The third-order valence-corrected chi connectivity index (χ3v) is 6.92. The Bertz CT molecular complexity index is 1140. The van der Waals surface area contributed by atoms with Crippen molar-refractivity contribution < 1.29 is 4.79 Å². The maximum atomic E-state index is 13.2. The van der Waals surface area contributed by atoms with Crippen LogP contribution in [-0.2, 0) is 0 Å². The molecular formula is C21H23BrN6OS. The van der Waals surface area contributed by atoms with Crippen molar-refractivity contribution in [1.82, 2.24) is 29.4 Å². The zero-order valence-corrected chi connectivity index (χ0v) is 19.1. The van der Waals surface area contributed by atoms with Gasteiger partial charge in [0.05, 0.1) is 23.1 Å². The molecular weight excluding hydrogens is 464 g/mol. The van der Waals surface area contributed by atoms with Crippen LogP contribution in [0.15, 0.2) is 34.9 Å². The van der Waals surface area contributed by atoms with Crippen LogP contribution in [0.1, 0.15) is 59.5 Å². The highest BCUT2D eigenvalue weighted by Crippen LogP contribution is 2.39. The fourth-order valence-electron chi connectivity index (χ4n) is 4.26. The van der Waals surface area contributed by atoms with Crippen LogP contribution in [0.4, 0.5) is 0 Å². The van der Waals surface area contributed by atoms with Gasteiger partial charge in [0, 0.05) is 29.5 Å². The largest absolute Gasteiger partial charge is 0.338 e. The molecule has 2 aromatic heterocycles. The highest BCUT2D eigenvalue weighted by atomic mass is 79.9. The number of rotatable bonds is 4. The van der Waals surface area contributed by atoms with Crippen molar-refractivity contribution in [3.05, 3.63) is 56.8 Å². The van der Waals surface area contributed by atoms with E-state index in [1.54, 1.807) is 6.20 Å². The van der Waals surface area contributed by atoms with Crippen LogP contribution in [0.5, 0.6) is 0 Å².